The van der Waals surface area contributed by atoms with Gasteiger partial charge in [0.15, 0.2) is 0 Å². The minimum Gasteiger partial charge on any atom is -0.310 e. The summed E-state index contributed by atoms with van der Waals surface area (Å²) >= 11 is 0. The summed E-state index contributed by atoms with van der Waals surface area (Å²) in [5.74, 6) is 0.794. The van der Waals surface area contributed by atoms with Gasteiger partial charge < -0.3 is 4.90 Å². The number of para-hydroxylation sites is 1. The first-order valence-electron chi connectivity index (χ1n) is 5.07. The summed E-state index contributed by atoms with van der Waals surface area (Å²) in [5.41, 5.74) is 2.62. The van der Waals surface area contributed by atoms with Crippen LogP contribution in [-0.4, -0.2) is 16.5 Å². The van der Waals surface area contributed by atoms with Crippen LogP contribution in [0.3, 0.4) is 0 Å². The third-order valence-electron chi connectivity index (χ3n) is 2.68. The Labute approximate surface area is 113 Å². The summed E-state index contributed by atoms with van der Waals surface area (Å²) in [6, 6.07) is 10.3. The van der Waals surface area contributed by atoms with E-state index in [0.717, 1.165) is 18.9 Å². The van der Waals surface area contributed by atoms with Crippen LogP contribution < -0.4 is 4.90 Å². The van der Waals surface area contributed by atoms with Gasteiger partial charge in [-0.15, -0.1) is 24.8 Å². The zero-order valence-electron chi connectivity index (χ0n) is 9.11. The summed E-state index contributed by atoms with van der Waals surface area (Å²) in [7, 11) is 0. The van der Waals surface area contributed by atoms with Crippen molar-refractivity contribution in [3.8, 4) is 0 Å². The van der Waals surface area contributed by atoms with Crippen LogP contribution in [0.4, 0.5) is 11.6 Å². The first-order chi connectivity index (χ1) is 7.45. The Hall–Kier alpha value is -1.32. The fourth-order valence-corrected chi connectivity index (χ4v) is 1.98. The number of anilines is 2. The number of hydrogen-bond acceptors (Lipinski definition) is 3. The van der Waals surface area contributed by atoms with E-state index in [2.05, 4.69) is 39.1 Å². The van der Waals surface area contributed by atoms with Crippen LogP contribution >= 0.6 is 24.8 Å². The summed E-state index contributed by atoms with van der Waals surface area (Å²) in [5, 5.41) is 0. The van der Waals surface area contributed by atoms with E-state index in [4.69, 9.17) is 0 Å². The Balaban J connectivity index is 0.000000722. The van der Waals surface area contributed by atoms with Crippen molar-refractivity contribution in [2.24, 2.45) is 0 Å². The zero-order valence-corrected chi connectivity index (χ0v) is 10.7. The molecule has 1 aliphatic rings. The number of rotatable bonds is 1. The van der Waals surface area contributed by atoms with Crippen LogP contribution in [-0.2, 0) is 6.42 Å². The van der Waals surface area contributed by atoms with E-state index in [1.54, 1.807) is 12.4 Å². The average molecular weight is 270 g/mol. The molecule has 17 heavy (non-hydrogen) atoms. The molecule has 0 unspecified atom stereocenters. The number of halogens is 2. The molecule has 1 aromatic carbocycles. The molecule has 0 spiro atoms. The minimum atomic E-state index is 0. The molecule has 3 rings (SSSR count). The molecule has 0 saturated heterocycles. The molecule has 2 heterocycles. The predicted octanol–water partition coefficient (Wildman–Crippen LogP) is 3.01. The number of benzene rings is 1. The van der Waals surface area contributed by atoms with Gasteiger partial charge in [0, 0.05) is 24.6 Å². The van der Waals surface area contributed by atoms with Gasteiger partial charge in [-0.2, -0.15) is 0 Å². The molecule has 0 fully saturated rings. The monoisotopic (exact) mass is 269 g/mol. The maximum atomic E-state index is 4.27. The largest absolute Gasteiger partial charge is 0.310 e. The summed E-state index contributed by atoms with van der Waals surface area (Å²) < 4.78 is 0. The lowest BCUT2D eigenvalue weighted by molar-refractivity contribution is 0.940. The second-order valence-corrected chi connectivity index (χ2v) is 3.58. The lowest BCUT2D eigenvalue weighted by Gasteiger charge is -2.16. The molecule has 0 atom stereocenters. The first kappa shape index (κ1) is 13.7. The van der Waals surface area contributed by atoms with Crippen LogP contribution in [0.1, 0.15) is 5.56 Å². The Bertz CT molecular complexity index is 476. The van der Waals surface area contributed by atoms with Crippen LogP contribution in [0.15, 0.2) is 42.7 Å². The Morgan fingerprint density at radius 2 is 1.65 bits per heavy atom. The van der Waals surface area contributed by atoms with E-state index in [1.165, 1.54) is 11.3 Å². The topological polar surface area (TPSA) is 29.0 Å². The van der Waals surface area contributed by atoms with E-state index < -0.39 is 0 Å². The lowest BCUT2D eigenvalue weighted by atomic mass is 10.2. The van der Waals surface area contributed by atoms with Crippen molar-refractivity contribution in [2.75, 3.05) is 11.4 Å². The summed E-state index contributed by atoms with van der Waals surface area (Å²) in [6.07, 6.45) is 4.64. The molecule has 0 bridgehead atoms. The quantitative estimate of drug-likeness (QED) is 0.797. The molecule has 0 radical (unpaired) electrons. The van der Waals surface area contributed by atoms with Crippen molar-refractivity contribution < 1.29 is 0 Å². The van der Waals surface area contributed by atoms with Crippen molar-refractivity contribution in [1.82, 2.24) is 9.97 Å². The Kier molecular flexibility index (Phi) is 4.73. The molecule has 0 amide bonds. The second-order valence-electron chi connectivity index (χ2n) is 3.58. The average Bonchev–Trinajstić information content (AvgIpc) is 2.74. The van der Waals surface area contributed by atoms with Crippen LogP contribution in [0.5, 0.6) is 0 Å². The molecule has 1 aliphatic heterocycles. The van der Waals surface area contributed by atoms with Gasteiger partial charge in [0.05, 0.1) is 0 Å². The maximum absolute atomic E-state index is 4.27. The predicted molar refractivity (Wildman–Crippen MR) is 73.7 cm³/mol. The molecule has 0 aliphatic carbocycles. The maximum Gasteiger partial charge on any atom is 0.229 e. The highest BCUT2D eigenvalue weighted by atomic mass is 35.5. The number of fused-ring (bicyclic) bond motifs is 1. The fourth-order valence-electron chi connectivity index (χ4n) is 1.98. The Morgan fingerprint density at radius 1 is 0.941 bits per heavy atom. The summed E-state index contributed by atoms with van der Waals surface area (Å²) in [4.78, 5) is 10.7. The third kappa shape index (κ3) is 2.51. The smallest absolute Gasteiger partial charge is 0.229 e. The highest BCUT2D eigenvalue weighted by Gasteiger charge is 2.20. The van der Waals surface area contributed by atoms with Crippen LogP contribution in [0, 0.1) is 0 Å². The van der Waals surface area contributed by atoms with Crippen molar-refractivity contribution >= 4 is 36.4 Å². The molecule has 2 aromatic rings. The first-order valence-corrected chi connectivity index (χ1v) is 5.07. The van der Waals surface area contributed by atoms with Crippen LogP contribution in [0.2, 0.25) is 0 Å². The molecule has 5 heteroatoms. The Morgan fingerprint density at radius 3 is 2.41 bits per heavy atom. The zero-order chi connectivity index (χ0) is 10.1. The van der Waals surface area contributed by atoms with Crippen molar-refractivity contribution in [2.45, 2.75) is 6.42 Å². The normalized spacial score (nSPS) is 12.4. The van der Waals surface area contributed by atoms with E-state index >= 15 is 0 Å². The molecule has 3 nitrogen and oxygen atoms in total. The van der Waals surface area contributed by atoms with Gasteiger partial charge in [-0.05, 0) is 24.1 Å². The molecule has 90 valence electrons. The third-order valence-corrected chi connectivity index (χ3v) is 2.68. The minimum absolute atomic E-state index is 0. The number of nitrogens with zero attached hydrogens (tertiary/aromatic N) is 3. The van der Waals surface area contributed by atoms with Crippen molar-refractivity contribution in [3.05, 3.63) is 48.3 Å². The van der Waals surface area contributed by atoms with Crippen molar-refractivity contribution in [1.29, 1.82) is 0 Å². The van der Waals surface area contributed by atoms with E-state index in [1.807, 2.05) is 6.07 Å². The van der Waals surface area contributed by atoms with Gasteiger partial charge in [0.2, 0.25) is 5.95 Å². The molecule has 1 aromatic heterocycles. The summed E-state index contributed by atoms with van der Waals surface area (Å²) in [6.45, 7) is 0.976. The SMILES string of the molecule is Cl.Cl.c1cnc(N2CCc3ccccc32)nc1. The van der Waals surface area contributed by atoms with Gasteiger partial charge in [-0.3, -0.25) is 0 Å². The van der Waals surface area contributed by atoms with Gasteiger partial charge in [-0.25, -0.2) is 9.97 Å². The molecule has 0 saturated carbocycles. The molecular weight excluding hydrogens is 257 g/mol. The van der Waals surface area contributed by atoms with E-state index in [9.17, 15) is 0 Å². The number of aromatic nitrogens is 2. The van der Waals surface area contributed by atoms with Crippen molar-refractivity contribution in [3.63, 3.8) is 0 Å². The highest BCUT2D eigenvalue weighted by Crippen LogP contribution is 2.31. The van der Waals surface area contributed by atoms with E-state index in [0.29, 0.717) is 0 Å². The second kappa shape index (κ2) is 5.84. The standard InChI is InChI=1S/C12H11N3.2ClH/c1-2-5-11-10(4-1)6-9-15(11)12-13-7-3-8-14-12;;/h1-5,7-8H,6,9H2;2*1H. The van der Waals surface area contributed by atoms with Gasteiger partial charge in [0.1, 0.15) is 0 Å². The van der Waals surface area contributed by atoms with Gasteiger partial charge in [-0.1, -0.05) is 18.2 Å². The molecule has 0 N–H and O–H groups in total. The van der Waals surface area contributed by atoms with E-state index in [-0.39, 0.29) is 24.8 Å². The number of hydrogen-bond donors (Lipinski definition) is 0. The van der Waals surface area contributed by atoms with Gasteiger partial charge in [0.25, 0.3) is 0 Å². The lowest BCUT2D eigenvalue weighted by Crippen LogP contribution is -2.15. The highest BCUT2D eigenvalue weighted by molar-refractivity contribution is 5.85. The van der Waals surface area contributed by atoms with Crippen LogP contribution in [0.25, 0.3) is 0 Å². The molecular formula is C12H13Cl2N3. The fraction of sp³-hybridized carbons (Fsp3) is 0.167. The van der Waals surface area contributed by atoms with Gasteiger partial charge >= 0.3 is 0 Å².